The van der Waals surface area contributed by atoms with E-state index in [1.807, 2.05) is 6.07 Å². The first-order chi connectivity index (χ1) is 14.1. The lowest BCUT2D eigenvalue weighted by Crippen LogP contribution is -2.44. The van der Waals surface area contributed by atoms with Gasteiger partial charge in [0.2, 0.25) is 0 Å². The molecule has 0 spiro atoms. The van der Waals surface area contributed by atoms with Gasteiger partial charge in [-0.25, -0.2) is 4.39 Å². The Hall–Kier alpha value is -2.36. The van der Waals surface area contributed by atoms with Crippen molar-refractivity contribution in [3.05, 3.63) is 65.5 Å². The number of benzene rings is 2. The minimum Gasteiger partial charge on any atom is -0.497 e. The van der Waals surface area contributed by atoms with Gasteiger partial charge in [0.15, 0.2) is 5.96 Å². The second-order valence-corrected chi connectivity index (χ2v) is 7.13. The van der Waals surface area contributed by atoms with E-state index in [0.717, 1.165) is 18.4 Å². The van der Waals surface area contributed by atoms with Crippen LogP contribution in [0.25, 0.3) is 0 Å². The third kappa shape index (κ3) is 6.32. The molecule has 1 saturated carbocycles. The van der Waals surface area contributed by atoms with Crippen molar-refractivity contribution in [2.24, 2.45) is 4.99 Å². The van der Waals surface area contributed by atoms with Crippen molar-refractivity contribution in [3.8, 4) is 5.75 Å². The average Bonchev–Trinajstić information content (AvgIpc) is 3.54. The van der Waals surface area contributed by atoms with Gasteiger partial charge < -0.3 is 20.7 Å². The maximum absolute atomic E-state index is 13.5. The lowest BCUT2D eigenvalue weighted by molar-refractivity contribution is 0.0954. The standard InChI is InChI=1S/C22H27FN4O2.HI/c1-24-21(27-15-22(10-11-22)17-4-3-5-18(23)14-17)26-13-12-25-20(28)16-6-8-19(29-2)9-7-16;/h3-9,14H,10-13,15H2,1-2H3,(H,25,28)(H2,24,26,27);1H. The molecule has 30 heavy (non-hydrogen) atoms. The molecule has 6 nitrogen and oxygen atoms in total. The average molecular weight is 526 g/mol. The number of hydrogen-bond donors (Lipinski definition) is 3. The number of nitrogens with zero attached hydrogens (tertiary/aromatic N) is 1. The van der Waals surface area contributed by atoms with E-state index in [1.165, 1.54) is 6.07 Å². The molecule has 0 aromatic heterocycles. The van der Waals surface area contributed by atoms with Crippen LogP contribution in [-0.4, -0.2) is 45.7 Å². The molecular weight excluding hydrogens is 498 g/mol. The van der Waals surface area contributed by atoms with Crippen molar-refractivity contribution < 1.29 is 13.9 Å². The second-order valence-electron chi connectivity index (χ2n) is 7.13. The Labute approximate surface area is 193 Å². The highest BCUT2D eigenvalue weighted by Gasteiger charge is 2.44. The van der Waals surface area contributed by atoms with E-state index in [2.05, 4.69) is 20.9 Å². The molecule has 0 heterocycles. The number of rotatable bonds is 8. The summed E-state index contributed by atoms with van der Waals surface area (Å²) in [7, 11) is 3.29. The number of halogens is 2. The highest BCUT2D eigenvalue weighted by molar-refractivity contribution is 14.0. The fraction of sp³-hybridized carbons (Fsp3) is 0.364. The van der Waals surface area contributed by atoms with Crippen molar-refractivity contribution in [2.45, 2.75) is 18.3 Å². The highest BCUT2D eigenvalue weighted by Crippen LogP contribution is 2.47. The van der Waals surface area contributed by atoms with Crippen LogP contribution in [-0.2, 0) is 5.41 Å². The van der Waals surface area contributed by atoms with E-state index in [-0.39, 0.29) is 41.1 Å². The van der Waals surface area contributed by atoms with Crippen molar-refractivity contribution >= 4 is 35.8 Å². The first-order valence-electron chi connectivity index (χ1n) is 9.69. The van der Waals surface area contributed by atoms with Crippen LogP contribution in [0.1, 0.15) is 28.8 Å². The molecule has 1 fully saturated rings. The molecule has 0 aliphatic heterocycles. The lowest BCUT2D eigenvalue weighted by Gasteiger charge is -2.19. The van der Waals surface area contributed by atoms with Gasteiger partial charge >= 0.3 is 0 Å². The number of aliphatic imine (C=N–C) groups is 1. The number of methoxy groups -OCH3 is 1. The van der Waals surface area contributed by atoms with Crippen LogP contribution >= 0.6 is 24.0 Å². The maximum atomic E-state index is 13.5. The number of guanidine groups is 1. The largest absolute Gasteiger partial charge is 0.497 e. The number of ether oxygens (including phenoxy) is 1. The summed E-state index contributed by atoms with van der Waals surface area (Å²) in [6, 6.07) is 13.8. The molecule has 0 atom stereocenters. The number of nitrogens with one attached hydrogen (secondary N) is 3. The Kier molecular flexibility index (Phi) is 8.88. The van der Waals surface area contributed by atoms with Crippen LogP contribution in [0.15, 0.2) is 53.5 Å². The molecule has 3 rings (SSSR count). The van der Waals surface area contributed by atoms with E-state index in [1.54, 1.807) is 50.6 Å². The Morgan fingerprint density at radius 2 is 1.80 bits per heavy atom. The van der Waals surface area contributed by atoms with E-state index >= 15 is 0 Å². The molecule has 2 aromatic carbocycles. The highest BCUT2D eigenvalue weighted by atomic mass is 127. The van der Waals surface area contributed by atoms with Crippen LogP contribution in [0.4, 0.5) is 4.39 Å². The minimum atomic E-state index is -0.205. The predicted octanol–water partition coefficient (Wildman–Crippen LogP) is 3.08. The van der Waals surface area contributed by atoms with Gasteiger partial charge in [0, 0.05) is 37.7 Å². The Bertz CT molecular complexity index is 870. The molecule has 1 aliphatic carbocycles. The van der Waals surface area contributed by atoms with Gasteiger partial charge in [0.05, 0.1) is 7.11 Å². The van der Waals surface area contributed by atoms with Crippen molar-refractivity contribution in [1.82, 2.24) is 16.0 Å². The molecule has 1 aliphatic rings. The van der Waals surface area contributed by atoms with Gasteiger partial charge in [0.25, 0.3) is 5.91 Å². The van der Waals surface area contributed by atoms with Crippen molar-refractivity contribution in [2.75, 3.05) is 33.8 Å². The zero-order valence-corrected chi connectivity index (χ0v) is 19.5. The van der Waals surface area contributed by atoms with Gasteiger partial charge in [-0.05, 0) is 54.8 Å². The van der Waals surface area contributed by atoms with Gasteiger partial charge in [-0.1, -0.05) is 12.1 Å². The maximum Gasteiger partial charge on any atom is 0.251 e. The van der Waals surface area contributed by atoms with E-state index in [9.17, 15) is 9.18 Å². The molecule has 0 unspecified atom stereocenters. The number of hydrogen-bond acceptors (Lipinski definition) is 3. The Morgan fingerprint density at radius 3 is 2.40 bits per heavy atom. The summed E-state index contributed by atoms with van der Waals surface area (Å²) in [5, 5.41) is 9.37. The van der Waals surface area contributed by atoms with Crippen molar-refractivity contribution in [1.29, 1.82) is 0 Å². The molecule has 162 valence electrons. The summed E-state index contributed by atoms with van der Waals surface area (Å²) < 4.78 is 18.6. The van der Waals surface area contributed by atoms with E-state index in [0.29, 0.717) is 36.9 Å². The molecule has 8 heteroatoms. The van der Waals surface area contributed by atoms with Crippen LogP contribution in [0, 0.1) is 5.82 Å². The first-order valence-corrected chi connectivity index (χ1v) is 9.69. The van der Waals surface area contributed by atoms with E-state index < -0.39 is 0 Å². The fourth-order valence-corrected chi connectivity index (χ4v) is 3.21. The monoisotopic (exact) mass is 526 g/mol. The SMILES string of the molecule is CN=C(NCCNC(=O)c1ccc(OC)cc1)NCC1(c2cccc(F)c2)CC1.I. The van der Waals surface area contributed by atoms with Gasteiger partial charge in [-0.2, -0.15) is 0 Å². The number of carbonyl (C=O) groups is 1. The molecule has 0 bridgehead atoms. The smallest absolute Gasteiger partial charge is 0.251 e. The summed E-state index contributed by atoms with van der Waals surface area (Å²) in [6.45, 7) is 1.68. The number of carbonyl (C=O) groups excluding carboxylic acids is 1. The van der Waals surface area contributed by atoms with Gasteiger partial charge in [0.1, 0.15) is 11.6 Å². The third-order valence-corrected chi connectivity index (χ3v) is 5.16. The topological polar surface area (TPSA) is 74.8 Å². The van der Waals surface area contributed by atoms with Crippen LogP contribution < -0.4 is 20.7 Å². The second kappa shape index (κ2) is 11.1. The summed E-state index contributed by atoms with van der Waals surface area (Å²) in [6.07, 6.45) is 2.05. The zero-order chi connectivity index (χ0) is 20.7. The van der Waals surface area contributed by atoms with Crippen molar-refractivity contribution in [3.63, 3.8) is 0 Å². The van der Waals surface area contributed by atoms with Crippen LogP contribution in [0.5, 0.6) is 5.75 Å². The normalized spacial score (nSPS) is 14.3. The quantitative estimate of drug-likeness (QED) is 0.214. The molecule has 1 amide bonds. The van der Waals surface area contributed by atoms with Gasteiger partial charge in [-0.3, -0.25) is 9.79 Å². The Morgan fingerprint density at radius 1 is 1.10 bits per heavy atom. The Balaban J connectivity index is 0.00000320. The van der Waals surface area contributed by atoms with Gasteiger partial charge in [-0.15, -0.1) is 24.0 Å². The first kappa shape index (κ1) is 23.9. The zero-order valence-electron chi connectivity index (χ0n) is 17.2. The van der Waals surface area contributed by atoms with Crippen LogP contribution in [0.2, 0.25) is 0 Å². The molecule has 0 saturated heterocycles. The molecular formula is C22H28FIN4O2. The summed E-state index contributed by atoms with van der Waals surface area (Å²) in [4.78, 5) is 16.4. The van der Waals surface area contributed by atoms with Crippen LogP contribution in [0.3, 0.4) is 0 Å². The predicted molar refractivity (Wildman–Crippen MR) is 127 cm³/mol. The fourth-order valence-electron chi connectivity index (χ4n) is 3.21. The summed E-state index contributed by atoms with van der Waals surface area (Å²) >= 11 is 0. The van der Waals surface area contributed by atoms with E-state index in [4.69, 9.17) is 4.74 Å². The summed E-state index contributed by atoms with van der Waals surface area (Å²) in [5.74, 6) is 1.03. The number of amides is 1. The minimum absolute atomic E-state index is 0. The summed E-state index contributed by atoms with van der Waals surface area (Å²) in [5.41, 5.74) is 1.58. The molecule has 2 aromatic rings. The molecule has 0 radical (unpaired) electrons. The third-order valence-electron chi connectivity index (χ3n) is 5.16. The lowest BCUT2D eigenvalue weighted by atomic mass is 9.96. The molecule has 3 N–H and O–H groups in total.